The number of halogens is 1. The monoisotopic (exact) mass is 337 g/mol. The van der Waals surface area contributed by atoms with Crippen LogP contribution in [0.15, 0.2) is 24.3 Å². The Labute approximate surface area is 142 Å². The number of likely N-dealkylation sites (tertiary alicyclic amines) is 1. The summed E-state index contributed by atoms with van der Waals surface area (Å²) in [7, 11) is 1.74. The maximum absolute atomic E-state index is 12.4. The molecule has 0 bridgehead atoms. The van der Waals surface area contributed by atoms with Gasteiger partial charge in [0, 0.05) is 38.1 Å². The Morgan fingerprint density at radius 3 is 2.78 bits per heavy atom. The van der Waals surface area contributed by atoms with E-state index in [2.05, 4.69) is 0 Å². The van der Waals surface area contributed by atoms with E-state index in [1.165, 1.54) is 0 Å². The largest absolute Gasteiger partial charge is 0.379 e. The minimum absolute atomic E-state index is 0.0693. The summed E-state index contributed by atoms with van der Waals surface area (Å²) in [6, 6.07) is 7.72. The normalized spacial score (nSPS) is 23.4. The lowest BCUT2D eigenvalue weighted by atomic mass is 9.88. The summed E-state index contributed by atoms with van der Waals surface area (Å²) in [5, 5.41) is 0.739. The van der Waals surface area contributed by atoms with Gasteiger partial charge in [-0.15, -0.1) is 0 Å². The molecule has 2 heterocycles. The van der Waals surface area contributed by atoms with Crippen LogP contribution in [0.25, 0.3) is 0 Å². The van der Waals surface area contributed by atoms with Gasteiger partial charge in [-0.2, -0.15) is 0 Å². The fraction of sp³-hybridized carbons (Fsp3) is 0.611. The number of nitrogens with zero attached hydrogens (tertiary/aromatic N) is 1. The molecule has 4 nitrogen and oxygen atoms in total. The lowest BCUT2D eigenvalue weighted by Gasteiger charge is -2.38. The van der Waals surface area contributed by atoms with Crippen molar-refractivity contribution in [1.82, 2.24) is 4.90 Å². The van der Waals surface area contributed by atoms with E-state index >= 15 is 0 Å². The highest BCUT2D eigenvalue weighted by atomic mass is 35.5. The number of benzene rings is 1. The third-order valence-electron chi connectivity index (χ3n) is 5.10. The molecule has 2 fully saturated rings. The van der Waals surface area contributed by atoms with E-state index in [1.807, 2.05) is 29.2 Å². The van der Waals surface area contributed by atoms with Crippen molar-refractivity contribution in [3.8, 4) is 0 Å². The zero-order chi connectivity index (χ0) is 16.3. The number of piperidine rings is 1. The van der Waals surface area contributed by atoms with E-state index < -0.39 is 0 Å². The van der Waals surface area contributed by atoms with Gasteiger partial charge in [0.2, 0.25) is 5.91 Å². The first-order valence-electron chi connectivity index (χ1n) is 8.30. The van der Waals surface area contributed by atoms with E-state index in [-0.39, 0.29) is 17.6 Å². The molecule has 1 aromatic carbocycles. The number of rotatable bonds is 4. The number of hydrogen-bond acceptors (Lipinski definition) is 3. The van der Waals surface area contributed by atoms with Crippen LogP contribution in [-0.2, 0) is 20.7 Å². The standard InChI is InChI=1S/C18H24ClNO3/c1-22-15-12-18(23-13-15)8-10-20(11-9-18)17(21)7-6-14-4-2-3-5-16(14)19/h2-5,15H,6-13H2,1H3/t15-/m0/s1. The first-order valence-corrected chi connectivity index (χ1v) is 8.68. The minimum Gasteiger partial charge on any atom is -0.379 e. The molecule has 1 atom stereocenters. The minimum atomic E-state index is -0.0693. The fourth-order valence-corrected chi connectivity index (χ4v) is 3.80. The molecule has 2 saturated heterocycles. The van der Waals surface area contributed by atoms with Crippen LogP contribution in [0.1, 0.15) is 31.2 Å². The van der Waals surface area contributed by atoms with Crippen molar-refractivity contribution in [3.63, 3.8) is 0 Å². The first kappa shape index (κ1) is 16.7. The Balaban J connectivity index is 1.48. The molecule has 1 aromatic rings. The van der Waals surface area contributed by atoms with E-state index in [0.29, 0.717) is 19.4 Å². The Kier molecular flexibility index (Phi) is 5.24. The molecule has 23 heavy (non-hydrogen) atoms. The molecule has 0 aromatic heterocycles. The molecule has 0 radical (unpaired) electrons. The van der Waals surface area contributed by atoms with Gasteiger partial charge in [-0.1, -0.05) is 29.8 Å². The highest BCUT2D eigenvalue weighted by Gasteiger charge is 2.43. The molecule has 0 N–H and O–H groups in total. The molecule has 1 amide bonds. The van der Waals surface area contributed by atoms with Crippen LogP contribution >= 0.6 is 11.6 Å². The van der Waals surface area contributed by atoms with Gasteiger partial charge in [0.25, 0.3) is 0 Å². The lowest BCUT2D eigenvalue weighted by molar-refractivity contribution is -0.135. The summed E-state index contributed by atoms with van der Waals surface area (Å²) in [5.41, 5.74) is 0.971. The van der Waals surface area contributed by atoms with Crippen LogP contribution in [0, 0.1) is 0 Å². The average molecular weight is 338 g/mol. The molecule has 0 saturated carbocycles. The second-order valence-corrected chi connectivity index (χ2v) is 6.94. The summed E-state index contributed by atoms with van der Waals surface area (Å²) in [6.45, 7) is 2.23. The van der Waals surface area contributed by atoms with Crippen molar-refractivity contribution < 1.29 is 14.3 Å². The molecular weight excluding hydrogens is 314 g/mol. The molecule has 3 rings (SSSR count). The molecule has 2 aliphatic heterocycles. The summed E-state index contributed by atoms with van der Waals surface area (Å²) in [4.78, 5) is 14.4. The van der Waals surface area contributed by atoms with Crippen molar-refractivity contribution in [2.75, 3.05) is 26.8 Å². The van der Waals surface area contributed by atoms with Crippen LogP contribution < -0.4 is 0 Å². The van der Waals surface area contributed by atoms with Gasteiger partial charge in [-0.05, 0) is 30.9 Å². The Morgan fingerprint density at radius 2 is 2.13 bits per heavy atom. The number of aryl methyl sites for hydroxylation is 1. The predicted molar refractivity (Wildman–Crippen MR) is 89.7 cm³/mol. The van der Waals surface area contributed by atoms with Gasteiger partial charge in [0.15, 0.2) is 0 Å². The highest BCUT2D eigenvalue weighted by Crippen LogP contribution is 2.36. The summed E-state index contributed by atoms with van der Waals surface area (Å²) in [5.74, 6) is 0.209. The van der Waals surface area contributed by atoms with E-state index in [4.69, 9.17) is 21.1 Å². The van der Waals surface area contributed by atoms with Gasteiger partial charge >= 0.3 is 0 Å². The Morgan fingerprint density at radius 1 is 1.39 bits per heavy atom. The van der Waals surface area contributed by atoms with Crippen molar-refractivity contribution in [2.24, 2.45) is 0 Å². The second-order valence-electron chi connectivity index (χ2n) is 6.53. The number of hydrogen-bond donors (Lipinski definition) is 0. The van der Waals surface area contributed by atoms with Crippen molar-refractivity contribution in [3.05, 3.63) is 34.9 Å². The molecule has 1 spiro atoms. The lowest BCUT2D eigenvalue weighted by Crippen LogP contribution is -2.46. The maximum atomic E-state index is 12.4. The van der Waals surface area contributed by atoms with Crippen LogP contribution in [0.2, 0.25) is 5.02 Å². The average Bonchev–Trinajstić information content (AvgIpc) is 2.97. The summed E-state index contributed by atoms with van der Waals surface area (Å²) in [6.07, 6.45) is 4.18. The van der Waals surface area contributed by atoms with Gasteiger partial charge < -0.3 is 14.4 Å². The fourth-order valence-electron chi connectivity index (χ4n) is 3.57. The van der Waals surface area contributed by atoms with Gasteiger partial charge in [0.05, 0.1) is 18.3 Å². The second kappa shape index (κ2) is 7.20. The molecule has 0 aliphatic carbocycles. The van der Waals surface area contributed by atoms with Crippen LogP contribution in [0.4, 0.5) is 0 Å². The topological polar surface area (TPSA) is 38.8 Å². The van der Waals surface area contributed by atoms with E-state index in [1.54, 1.807) is 7.11 Å². The zero-order valence-electron chi connectivity index (χ0n) is 13.6. The number of ether oxygens (including phenoxy) is 2. The van der Waals surface area contributed by atoms with Gasteiger partial charge in [-0.25, -0.2) is 0 Å². The summed E-state index contributed by atoms with van der Waals surface area (Å²) >= 11 is 6.15. The van der Waals surface area contributed by atoms with Crippen molar-refractivity contribution in [2.45, 2.75) is 43.8 Å². The zero-order valence-corrected chi connectivity index (χ0v) is 14.3. The first-order chi connectivity index (χ1) is 11.1. The predicted octanol–water partition coefficient (Wildman–Crippen LogP) is 3.07. The van der Waals surface area contributed by atoms with Crippen molar-refractivity contribution >= 4 is 17.5 Å². The summed E-state index contributed by atoms with van der Waals surface area (Å²) < 4.78 is 11.4. The molecule has 126 valence electrons. The van der Waals surface area contributed by atoms with Crippen LogP contribution in [-0.4, -0.2) is 49.3 Å². The van der Waals surface area contributed by atoms with Crippen LogP contribution in [0.5, 0.6) is 0 Å². The SMILES string of the molecule is CO[C@@H]1COC2(CCN(C(=O)CCc3ccccc3Cl)CC2)C1. The van der Waals surface area contributed by atoms with E-state index in [9.17, 15) is 4.79 Å². The molecular formula is C18H24ClNO3. The quantitative estimate of drug-likeness (QED) is 0.847. The third-order valence-corrected chi connectivity index (χ3v) is 5.47. The number of carbonyl (C=O) groups excluding carboxylic acids is 1. The molecule has 0 unspecified atom stereocenters. The van der Waals surface area contributed by atoms with Crippen molar-refractivity contribution in [1.29, 1.82) is 0 Å². The molecule has 5 heteroatoms. The number of carbonyl (C=O) groups is 1. The highest BCUT2D eigenvalue weighted by molar-refractivity contribution is 6.31. The van der Waals surface area contributed by atoms with E-state index in [0.717, 1.165) is 42.9 Å². The van der Waals surface area contributed by atoms with Crippen LogP contribution in [0.3, 0.4) is 0 Å². The number of amides is 1. The smallest absolute Gasteiger partial charge is 0.222 e. The maximum Gasteiger partial charge on any atom is 0.222 e. The Bertz CT molecular complexity index is 555. The van der Waals surface area contributed by atoms with Gasteiger partial charge in [-0.3, -0.25) is 4.79 Å². The van der Waals surface area contributed by atoms with Gasteiger partial charge in [0.1, 0.15) is 0 Å². The third kappa shape index (κ3) is 3.87. The Hall–Kier alpha value is -1.10. The molecule has 2 aliphatic rings. The number of methoxy groups -OCH3 is 1.